The largest absolute Gasteiger partial charge is 0.383 e. The Morgan fingerprint density at radius 2 is 2.19 bits per heavy atom. The first-order valence-electron chi connectivity index (χ1n) is 4.39. The zero-order valence-corrected chi connectivity index (χ0v) is 9.52. The summed E-state index contributed by atoms with van der Waals surface area (Å²) < 4.78 is 0.321. The van der Waals surface area contributed by atoms with Crippen LogP contribution in [0.2, 0.25) is 0 Å². The van der Waals surface area contributed by atoms with Crippen LogP contribution in [0.1, 0.15) is 0 Å². The van der Waals surface area contributed by atoms with Gasteiger partial charge in [-0.15, -0.1) is 11.3 Å². The van der Waals surface area contributed by atoms with Crippen LogP contribution in [-0.2, 0) is 0 Å². The monoisotopic (exact) mass is 250 g/mol. The highest BCUT2D eigenvalue weighted by molar-refractivity contribution is 7.71. The lowest BCUT2D eigenvalue weighted by atomic mass is 10.5. The Bertz CT molecular complexity index is 695. The molecule has 3 aromatic rings. The molecule has 0 unspecified atom stereocenters. The van der Waals surface area contributed by atoms with E-state index in [9.17, 15) is 0 Å². The van der Waals surface area contributed by atoms with Gasteiger partial charge in [-0.25, -0.2) is 9.97 Å². The zero-order valence-electron chi connectivity index (χ0n) is 7.89. The number of aromatic amines is 2. The van der Waals surface area contributed by atoms with E-state index in [4.69, 9.17) is 18.0 Å². The van der Waals surface area contributed by atoms with Gasteiger partial charge in [0.05, 0.1) is 0 Å². The lowest BCUT2D eigenvalue weighted by molar-refractivity contribution is 1.17. The molecule has 0 saturated carbocycles. The fraction of sp³-hybridized carbons (Fsp3) is 0. The maximum atomic E-state index is 5.77. The average molecular weight is 250 g/mol. The molecule has 0 fully saturated rings. The lowest BCUT2D eigenvalue weighted by Gasteiger charge is -1.92. The molecule has 0 aliphatic carbocycles. The van der Waals surface area contributed by atoms with Crippen molar-refractivity contribution in [3.63, 3.8) is 0 Å². The molecular formula is C8H6N6S2. The smallest absolute Gasteiger partial charge is 0.200 e. The second kappa shape index (κ2) is 3.35. The summed E-state index contributed by atoms with van der Waals surface area (Å²) in [4.78, 5) is 18.4. The molecule has 4 N–H and O–H groups in total. The van der Waals surface area contributed by atoms with E-state index in [0.717, 1.165) is 5.01 Å². The Morgan fingerprint density at radius 3 is 2.94 bits per heavy atom. The molecule has 3 rings (SSSR count). The molecule has 0 aliphatic rings. The van der Waals surface area contributed by atoms with Crippen molar-refractivity contribution in [2.75, 3.05) is 5.73 Å². The fourth-order valence-electron chi connectivity index (χ4n) is 1.38. The van der Waals surface area contributed by atoms with Gasteiger partial charge in [0.1, 0.15) is 11.3 Å². The van der Waals surface area contributed by atoms with Crippen LogP contribution in [0.4, 0.5) is 5.82 Å². The van der Waals surface area contributed by atoms with Crippen molar-refractivity contribution in [3.05, 3.63) is 16.3 Å². The second-order valence-electron chi connectivity index (χ2n) is 3.08. The number of H-pyrrole nitrogens is 2. The highest BCUT2D eigenvalue weighted by Gasteiger charge is 2.10. The number of thiazole rings is 1. The number of fused-ring (bicyclic) bond motifs is 1. The minimum absolute atomic E-state index is 0.321. The molecule has 8 heteroatoms. The van der Waals surface area contributed by atoms with Crippen LogP contribution in [-0.4, -0.2) is 24.9 Å². The summed E-state index contributed by atoms with van der Waals surface area (Å²) >= 11 is 6.41. The van der Waals surface area contributed by atoms with Crippen LogP contribution in [0.3, 0.4) is 0 Å². The van der Waals surface area contributed by atoms with E-state index in [1.807, 2.05) is 5.38 Å². The number of nitrogens with two attached hydrogens (primary N) is 1. The Labute approximate surface area is 98.6 Å². The van der Waals surface area contributed by atoms with Crippen LogP contribution >= 0.6 is 23.6 Å². The number of nitrogen functional groups attached to an aromatic ring is 1. The Hall–Kier alpha value is -1.80. The van der Waals surface area contributed by atoms with Crippen LogP contribution in [0.5, 0.6) is 0 Å². The average Bonchev–Trinajstić information content (AvgIpc) is 2.82. The van der Waals surface area contributed by atoms with Crippen molar-refractivity contribution in [2.24, 2.45) is 0 Å². The van der Waals surface area contributed by atoms with Crippen LogP contribution in [0.15, 0.2) is 11.6 Å². The number of nitrogens with one attached hydrogen (secondary N) is 2. The van der Waals surface area contributed by atoms with Gasteiger partial charge in [0.2, 0.25) is 4.77 Å². The summed E-state index contributed by atoms with van der Waals surface area (Å²) in [5.74, 6) is 1.09. The summed E-state index contributed by atoms with van der Waals surface area (Å²) in [7, 11) is 0. The summed E-state index contributed by atoms with van der Waals surface area (Å²) in [5, 5.41) is 2.67. The fourth-order valence-corrected chi connectivity index (χ4v) is 2.15. The summed E-state index contributed by atoms with van der Waals surface area (Å²) in [5.41, 5.74) is 6.93. The molecule has 0 atom stereocenters. The third kappa shape index (κ3) is 1.39. The molecule has 0 bridgehead atoms. The van der Waals surface area contributed by atoms with E-state index in [1.54, 1.807) is 6.20 Å². The molecule has 3 aromatic heterocycles. The highest BCUT2D eigenvalue weighted by atomic mass is 32.1. The summed E-state index contributed by atoms with van der Waals surface area (Å²) in [6.07, 6.45) is 1.72. The zero-order chi connectivity index (χ0) is 11.1. The van der Waals surface area contributed by atoms with Gasteiger partial charge >= 0.3 is 0 Å². The summed E-state index contributed by atoms with van der Waals surface area (Å²) in [6, 6.07) is 0. The van der Waals surface area contributed by atoms with Gasteiger partial charge < -0.3 is 15.7 Å². The van der Waals surface area contributed by atoms with E-state index in [0.29, 0.717) is 27.6 Å². The molecule has 16 heavy (non-hydrogen) atoms. The molecule has 80 valence electrons. The van der Waals surface area contributed by atoms with Crippen LogP contribution in [0.25, 0.3) is 22.0 Å². The first-order chi connectivity index (χ1) is 7.74. The van der Waals surface area contributed by atoms with Gasteiger partial charge in [0.15, 0.2) is 16.5 Å². The number of hydrogen-bond donors (Lipinski definition) is 3. The van der Waals surface area contributed by atoms with Gasteiger partial charge in [-0.3, -0.25) is 0 Å². The van der Waals surface area contributed by atoms with Crippen molar-refractivity contribution >= 4 is 40.5 Å². The Balaban J connectivity index is 2.31. The number of nitrogens with zero attached hydrogens (tertiary/aromatic N) is 3. The number of anilines is 1. The van der Waals surface area contributed by atoms with E-state index in [1.165, 1.54) is 11.3 Å². The molecular weight excluding hydrogens is 244 g/mol. The van der Waals surface area contributed by atoms with Crippen molar-refractivity contribution in [1.82, 2.24) is 24.9 Å². The molecule has 0 radical (unpaired) electrons. The quantitative estimate of drug-likeness (QED) is 0.571. The molecule has 0 aromatic carbocycles. The normalized spacial score (nSPS) is 11.0. The number of imidazole rings is 1. The van der Waals surface area contributed by atoms with E-state index in [2.05, 4.69) is 24.9 Å². The van der Waals surface area contributed by atoms with Crippen molar-refractivity contribution < 1.29 is 0 Å². The lowest BCUT2D eigenvalue weighted by Crippen LogP contribution is -1.93. The number of hydrogen-bond acceptors (Lipinski definition) is 6. The standard InChI is InChI=1S/C8H6N6S2/c9-4-3-5(14-8(15)12-4)13-6(11-3)7-10-1-2-16-7/h1-2H,(H4,9,11,12,13,14,15). The van der Waals surface area contributed by atoms with Crippen molar-refractivity contribution in [2.45, 2.75) is 0 Å². The summed E-state index contributed by atoms with van der Waals surface area (Å²) in [6.45, 7) is 0. The molecule has 0 saturated heterocycles. The number of aromatic nitrogens is 5. The molecule has 0 spiro atoms. The SMILES string of the molecule is Nc1[nH]c(=S)nc2nc(-c3nccs3)[nH]c12. The molecule has 3 heterocycles. The van der Waals surface area contributed by atoms with Gasteiger partial charge in [-0.2, -0.15) is 4.98 Å². The Kier molecular flexibility index (Phi) is 1.98. The topological polar surface area (TPSA) is 96.3 Å². The first-order valence-corrected chi connectivity index (χ1v) is 5.68. The van der Waals surface area contributed by atoms with Crippen molar-refractivity contribution in [1.29, 1.82) is 0 Å². The van der Waals surface area contributed by atoms with Crippen LogP contribution in [0, 0.1) is 4.77 Å². The van der Waals surface area contributed by atoms with Crippen molar-refractivity contribution in [3.8, 4) is 10.8 Å². The highest BCUT2D eigenvalue weighted by Crippen LogP contribution is 2.22. The van der Waals surface area contributed by atoms with Crippen LogP contribution < -0.4 is 5.73 Å². The maximum absolute atomic E-state index is 5.77. The third-order valence-electron chi connectivity index (χ3n) is 2.04. The predicted octanol–water partition coefficient (Wildman–Crippen LogP) is 1.72. The van der Waals surface area contributed by atoms with E-state index in [-0.39, 0.29) is 0 Å². The minimum atomic E-state index is 0.321. The molecule has 0 amide bonds. The molecule has 0 aliphatic heterocycles. The third-order valence-corrected chi connectivity index (χ3v) is 3.01. The second-order valence-corrected chi connectivity index (χ2v) is 4.36. The van der Waals surface area contributed by atoms with Gasteiger partial charge in [0, 0.05) is 11.6 Å². The molecule has 6 nitrogen and oxygen atoms in total. The van der Waals surface area contributed by atoms with E-state index >= 15 is 0 Å². The maximum Gasteiger partial charge on any atom is 0.200 e. The number of rotatable bonds is 1. The first kappa shape index (κ1) is 9.43. The Morgan fingerprint density at radius 1 is 1.31 bits per heavy atom. The van der Waals surface area contributed by atoms with E-state index < -0.39 is 0 Å². The van der Waals surface area contributed by atoms with Gasteiger partial charge in [-0.1, -0.05) is 0 Å². The minimum Gasteiger partial charge on any atom is -0.383 e. The predicted molar refractivity (Wildman–Crippen MR) is 64.6 cm³/mol. The van der Waals surface area contributed by atoms with Gasteiger partial charge in [-0.05, 0) is 12.2 Å². The van der Waals surface area contributed by atoms with Gasteiger partial charge in [0.25, 0.3) is 0 Å².